The molecular weight excluding hydrogens is 235 g/mol. The van der Waals surface area contributed by atoms with Gasteiger partial charge < -0.3 is 15.8 Å². The minimum Gasteiger partial charge on any atom is -0.399 e. The van der Waals surface area contributed by atoms with E-state index >= 15 is 0 Å². The van der Waals surface area contributed by atoms with Gasteiger partial charge in [0.15, 0.2) is 0 Å². The molecule has 1 fully saturated rings. The predicted molar refractivity (Wildman–Crippen MR) is 67.6 cm³/mol. The second-order valence-electron chi connectivity index (χ2n) is 4.65. The van der Waals surface area contributed by atoms with E-state index in [1.165, 1.54) is 18.2 Å². The topological polar surface area (TPSA) is 64.3 Å². The Morgan fingerprint density at radius 2 is 2.33 bits per heavy atom. The largest absolute Gasteiger partial charge is 0.399 e. The third-order valence-electron chi connectivity index (χ3n) is 2.90. The lowest BCUT2D eigenvalue weighted by molar-refractivity contribution is -0.126. The molecule has 4 nitrogen and oxygen atoms in total. The predicted octanol–water partition coefficient (Wildman–Crippen LogP) is 2.16. The van der Waals surface area contributed by atoms with Crippen molar-refractivity contribution in [1.82, 2.24) is 0 Å². The summed E-state index contributed by atoms with van der Waals surface area (Å²) in [5.74, 6) is -0.281. The highest BCUT2D eigenvalue weighted by atomic mass is 19.1. The molecule has 0 heterocycles. The highest BCUT2D eigenvalue weighted by Gasteiger charge is 2.24. The highest BCUT2D eigenvalue weighted by molar-refractivity contribution is 5.94. The first-order valence-corrected chi connectivity index (χ1v) is 6.03. The molecule has 1 amide bonds. The number of hydrogen-bond donors (Lipinski definition) is 2. The summed E-state index contributed by atoms with van der Waals surface area (Å²) in [5.41, 5.74) is 6.02. The molecule has 0 saturated heterocycles. The van der Waals surface area contributed by atoms with Gasteiger partial charge in [0.1, 0.15) is 11.9 Å². The Kier molecular flexibility index (Phi) is 3.81. The van der Waals surface area contributed by atoms with Gasteiger partial charge in [0, 0.05) is 5.69 Å². The molecule has 18 heavy (non-hydrogen) atoms. The number of ether oxygens (including phenoxy) is 1. The van der Waals surface area contributed by atoms with Crippen LogP contribution in [-0.2, 0) is 9.53 Å². The van der Waals surface area contributed by atoms with Crippen molar-refractivity contribution in [3.8, 4) is 0 Å². The minimum atomic E-state index is -0.591. The molecule has 0 radical (unpaired) electrons. The number of nitrogen functional groups attached to an aromatic ring is 1. The van der Waals surface area contributed by atoms with Crippen molar-refractivity contribution in [1.29, 1.82) is 0 Å². The smallest absolute Gasteiger partial charge is 0.253 e. The molecule has 3 N–H and O–H groups in total. The van der Waals surface area contributed by atoms with Crippen molar-refractivity contribution in [2.75, 3.05) is 17.7 Å². The summed E-state index contributed by atoms with van der Waals surface area (Å²) >= 11 is 0. The Balaban J connectivity index is 1.90. The van der Waals surface area contributed by atoms with Gasteiger partial charge >= 0.3 is 0 Å². The molecule has 0 aromatic heterocycles. The quantitative estimate of drug-likeness (QED) is 0.789. The summed E-state index contributed by atoms with van der Waals surface area (Å²) in [5, 5.41) is 2.48. The zero-order valence-electron chi connectivity index (χ0n) is 10.3. The van der Waals surface area contributed by atoms with E-state index in [-0.39, 0.29) is 11.6 Å². The number of amides is 1. The van der Waals surface area contributed by atoms with Gasteiger partial charge in [-0.05, 0) is 43.9 Å². The summed E-state index contributed by atoms with van der Waals surface area (Å²) in [4.78, 5) is 11.8. The van der Waals surface area contributed by atoms with E-state index in [4.69, 9.17) is 10.5 Å². The molecule has 1 aromatic rings. The molecule has 0 spiro atoms. The molecule has 2 rings (SSSR count). The van der Waals surface area contributed by atoms with E-state index < -0.39 is 11.9 Å². The third kappa shape index (κ3) is 3.43. The Hall–Kier alpha value is -1.62. The SMILES string of the molecule is CC(OCC1CC1)C(=O)Nc1cc(N)ccc1F. The Morgan fingerprint density at radius 3 is 3.00 bits per heavy atom. The fourth-order valence-corrected chi connectivity index (χ4v) is 1.51. The van der Waals surface area contributed by atoms with E-state index in [2.05, 4.69) is 5.32 Å². The van der Waals surface area contributed by atoms with Crippen LogP contribution in [0.3, 0.4) is 0 Å². The molecule has 0 bridgehead atoms. The standard InChI is InChI=1S/C13H17FN2O2/c1-8(18-7-9-2-3-9)13(17)16-12-6-10(15)4-5-11(12)14/h4-6,8-9H,2-3,7,15H2,1H3,(H,16,17). The number of halogens is 1. The van der Waals surface area contributed by atoms with Gasteiger partial charge in [0.25, 0.3) is 5.91 Å². The summed E-state index contributed by atoms with van der Waals surface area (Å²) < 4.78 is 18.8. The van der Waals surface area contributed by atoms with Crippen molar-refractivity contribution in [2.45, 2.75) is 25.9 Å². The van der Waals surface area contributed by atoms with Crippen molar-refractivity contribution in [3.63, 3.8) is 0 Å². The van der Waals surface area contributed by atoms with Gasteiger partial charge in [-0.3, -0.25) is 4.79 Å². The van der Waals surface area contributed by atoms with Crippen LogP contribution in [0.2, 0.25) is 0 Å². The van der Waals surface area contributed by atoms with Crippen molar-refractivity contribution in [3.05, 3.63) is 24.0 Å². The van der Waals surface area contributed by atoms with Crippen LogP contribution in [0.1, 0.15) is 19.8 Å². The molecule has 1 aromatic carbocycles. The first-order chi connectivity index (χ1) is 8.56. The molecule has 1 aliphatic carbocycles. The van der Waals surface area contributed by atoms with Crippen LogP contribution in [0.25, 0.3) is 0 Å². The molecule has 98 valence electrons. The van der Waals surface area contributed by atoms with Crippen LogP contribution in [0.15, 0.2) is 18.2 Å². The fourth-order valence-electron chi connectivity index (χ4n) is 1.51. The fraction of sp³-hybridized carbons (Fsp3) is 0.462. The number of nitrogens with one attached hydrogen (secondary N) is 1. The van der Waals surface area contributed by atoms with Crippen molar-refractivity contribution in [2.24, 2.45) is 5.92 Å². The number of benzene rings is 1. The van der Waals surface area contributed by atoms with Gasteiger partial charge in [-0.25, -0.2) is 4.39 Å². The van der Waals surface area contributed by atoms with E-state index in [1.54, 1.807) is 6.92 Å². The Bertz CT molecular complexity index is 447. The first kappa shape index (κ1) is 12.8. The lowest BCUT2D eigenvalue weighted by atomic mass is 10.2. The molecule has 1 unspecified atom stereocenters. The number of nitrogens with two attached hydrogens (primary N) is 1. The van der Waals surface area contributed by atoms with E-state index in [1.807, 2.05) is 0 Å². The summed E-state index contributed by atoms with van der Waals surface area (Å²) in [6.45, 7) is 2.25. The molecular formula is C13H17FN2O2. The third-order valence-corrected chi connectivity index (χ3v) is 2.90. The average Bonchev–Trinajstić information content (AvgIpc) is 3.14. The van der Waals surface area contributed by atoms with Gasteiger partial charge in [-0.15, -0.1) is 0 Å². The molecule has 1 aliphatic rings. The number of carbonyl (C=O) groups excluding carboxylic acids is 1. The van der Waals surface area contributed by atoms with Crippen molar-refractivity contribution >= 4 is 17.3 Å². The van der Waals surface area contributed by atoms with E-state index in [0.717, 1.165) is 12.8 Å². The lowest BCUT2D eigenvalue weighted by Crippen LogP contribution is -2.28. The van der Waals surface area contributed by atoms with Gasteiger partial charge in [0.2, 0.25) is 0 Å². The van der Waals surface area contributed by atoms with Gasteiger partial charge in [-0.1, -0.05) is 0 Å². The summed E-state index contributed by atoms with van der Waals surface area (Å²) in [6.07, 6.45) is 1.74. The zero-order valence-corrected chi connectivity index (χ0v) is 10.3. The number of carbonyl (C=O) groups is 1. The van der Waals surface area contributed by atoms with E-state index in [0.29, 0.717) is 18.2 Å². The van der Waals surface area contributed by atoms with Crippen LogP contribution in [0.4, 0.5) is 15.8 Å². The first-order valence-electron chi connectivity index (χ1n) is 6.03. The Labute approximate surface area is 105 Å². The van der Waals surface area contributed by atoms with Crippen LogP contribution >= 0.6 is 0 Å². The molecule has 1 saturated carbocycles. The molecule has 1 atom stereocenters. The maximum Gasteiger partial charge on any atom is 0.253 e. The van der Waals surface area contributed by atoms with Crippen LogP contribution in [0.5, 0.6) is 0 Å². The number of rotatable bonds is 5. The maximum atomic E-state index is 13.4. The maximum absolute atomic E-state index is 13.4. The van der Waals surface area contributed by atoms with Crippen molar-refractivity contribution < 1.29 is 13.9 Å². The normalized spacial score (nSPS) is 16.3. The number of anilines is 2. The Morgan fingerprint density at radius 1 is 1.61 bits per heavy atom. The summed E-state index contributed by atoms with van der Waals surface area (Å²) in [6, 6.07) is 4.06. The second kappa shape index (κ2) is 5.35. The molecule has 5 heteroatoms. The van der Waals surface area contributed by atoms with E-state index in [9.17, 15) is 9.18 Å². The van der Waals surface area contributed by atoms with Crippen LogP contribution in [0, 0.1) is 11.7 Å². The lowest BCUT2D eigenvalue weighted by Gasteiger charge is -2.13. The average molecular weight is 252 g/mol. The highest BCUT2D eigenvalue weighted by Crippen LogP contribution is 2.29. The monoisotopic (exact) mass is 252 g/mol. The molecule has 0 aliphatic heterocycles. The van der Waals surface area contributed by atoms with Gasteiger partial charge in [0.05, 0.1) is 12.3 Å². The minimum absolute atomic E-state index is 0.0851. The summed E-state index contributed by atoms with van der Waals surface area (Å²) in [7, 11) is 0. The van der Waals surface area contributed by atoms with Gasteiger partial charge in [-0.2, -0.15) is 0 Å². The second-order valence-corrected chi connectivity index (χ2v) is 4.65. The van der Waals surface area contributed by atoms with Crippen LogP contribution < -0.4 is 11.1 Å². The number of hydrogen-bond acceptors (Lipinski definition) is 3. The van der Waals surface area contributed by atoms with Crippen LogP contribution in [-0.4, -0.2) is 18.6 Å². The zero-order chi connectivity index (χ0) is 13.1.